The number of rotatable bonds is 7. The molecule has 2 aromatic rings. The van der Waals surface area contributed by atoms with E-state index < -0.39 is 22.9 Å². The van der Waals surface area contributed by atoms with E-state index in [1.807, 2.05) is 30.3 Å². The van der Waals surface area contributed by atoms with Gasteiger partial charge in [0.1, 0.15) is 11.1 Å². The topological polar surface area (TPSA) is 97.6 Å². The van der Waals surface area contributed by atoms with Gasteiger partial charge in [0, 0.05) is 32.1 Å². The maximum Gasteiger partial charge on any atom is 0.341 e. The second-order valence-corrected chi connectivity index (χ2v) is 6.54. The van der Waals surface area contributed by atoms with E-state index >= 15 is 0 Å². The molecule has 0 spiro atoms. The van der Waals surface area contributed by atoms with Gasteiger partial charge in [-0.25, -0.2) is 4.79 Å². The number of aryl methyl sites for hydroxylation is 2. The number of nitrogens with one attached hydrogen (secondary N) is 1. The van der Waals surface area contributed by atoms with Crippen LogP contribution in [-0.2, 0) is 17.7 Å². The van der Waals surface area contributed by atoms with Gasteiger partial charge in [-0.2, -0.15) is 0 Å². The summed E-state index contributed by atoms with van der Waals surface area (Å²) in [7, 11) is 0. The van der Waals surface area contributed by atoms with E-state index in [0.717, 1.165) is 18.4 Å². The summed E-state index contributed by atoms with van der Waals surface area (Å²) in [5.74, 6) is -1.92. The maximum atomic E-state index is 12.5. The van der Waals surface area contributed by atoms with Gasteiger partial charge in [0.2, 0.25) is 5.43 Å². The Kier molecular flexibility index (Phi) is 6.03. The van der Waals surface area contributed by atoms with Crippen molar-refractivity contribution in [3.63, 3.8) is 0 Å². The zero-order valence-corrected chi connectivity index (χ0v) is 14.9. The Morgan fingerprint density at radius 1 is 1.19 bits per heavy atom. The molecule has 1 aromatic carbocycles. The maximum absolute atomic E-state index is 12.5. The van der Waals surface area contributed by atoms with E-state index in [1.54, 1.807) is 4.57 Å². The number of ether oxygens (including phenoxy) is 1. The van der Waals surface area contributed by atoms with E-state index in [2.05, 4.69) is 5.32 Å². The lowest BCUT2D eigenvalue weighted by atomic mass is 10.1. The molecule has 3 rings (SSSR count). The molecule has 2 heterocycles. The number of benzene rings is 1. The number of pyridine rings is 1. The standard InChI is InChI=1S/C20H22N2O5/c23-18-16(19(24)21-11-15-7-4-10-27-15)12-22(13-17(18)20(25)26)9-8-14-5-2-1-3-6-14/h1-3,5-6,12-13,15H,4,7-11H2,(H,21,24)(H,25,26)/t15-/m0/s1. The first-order chi connectivity index (χ1) is 13.0. The smallest absolute Gasteiger partial charge is 0.341 e. The van der Waals surface area contributed by atoms with Crippen LogP contribution in [0.4, 0.5) is 0 Å². The predicted octanol–water partition coefficient (Wildman–Crippen LogP) is 1.70. The lowest BCUT2D eigenvalue weighted by molar-refractivity contribution is 0.0694. The number of aromatic nitrogens is 1. The zero-order valence-electron chi connectivity index (χ0n) is 14.9. The molecule has 1 saturated heterocycles. The van der Waals surface area contributed by atoms with Crippen LogP contribution in [0.1, 0.15) is 39.1 Å². The number of hydrogen-bond acceptors (Lipinski definition) is 4. The molecule has 1 aromatic heterocycles. The lowest BCUT2D eigenvalue weighted by Gasteiger charge is -2.13. The Hall–Kier alpha value is -2.93. The van der Waals surface area contributed by atoms with Crippen molar-refractivity contribution in [2.45, 2.75) is 31.9 Å². The van der Waals surface area contributed by atoms with Gasteiger partial charge in [0.05, 0.1) is 6.10 Å². The van der Waals surface area contributed by atoms with Crippen molar-refractivity contribution < 1.29 is 19.4 Å². The van der Waals surface area contributed by atoms with Crippen LogP contribution in [0.5, 0.6) is 0 Å². The summed E-state index contributed by atoms with van der Waals surface area (Å²) in [5.41, 5.74) is -0.269. The summed E-state index contributed by atoms with van der Waals surface area (Å²) < 4.78 is 7.03. The highest BCUT2D eigenvalue weighted by Gasteiger charge is 2.21. The molecule has 7 heteroatoms. The van der Waals surface area contributed by atoms with Crippen LogP contribution in [0.2, 0.25) is 0 Å². The van der Waals surface area contributed by atoms with Gasteiger partial charge >= 0.3 is 5.97 Å². The number of carbonyl (C=O) groups excluding carboxylic acids is 1. The van der Waals surface area contributed by atoms with Crippen molar-refractivity contribution in [3.8, 4) is 0 Å². The molecule has 27 heavy (non-hydrogen) atoms. The summed E-state index contributed by atoms with van der Waals surface area (Å²) in [6.45, 7) is 1.43. The predicted molar refractivity (Wildman–Crippen MR) is 99.1 cm³/mol. The highest BCUT2D eigenvalue weighted by molar-refractivity contribution is 5.96. The van der Waals surface area contributed by atoms with Crippen LogP contribution in [0.25, 0.3) is 0 Å². The van der Waals surface area contributed by atoms with Crippen molar-refractivity contribution in [1.29, 1.82) is 0 Å². The minimum Gasteiger partial charge on any atom is -0.477 e. The summed E-state index contributed by atoms with van der Waals surface area (Å²) >= 11 is 0. The third-order valence-corrected chi connectivity index (χ3v) is 4.57. The fourth-order valence-corrected chi connectivity index (χ4v) is 3.08. The molecule has 7 nitrogen and oxygen atoms in total. The van der Waals surface area contributed by atoms with Gasteiger partial charge in [-0.1, -0.05) is 30.3 Å². The van der Waals surface area contributed by atoms with Gasteiger partial charge in [0.15, 0.2) is 0 Å². The van der Waals surface area contributed by atoms with E-state index in [-0.39, 0.29) is 11.7 Å². The van der Waals surface area contributed by atoms with Crippen molar-refractivity contribution in [2.24, 2.45) is 0 Å². The average Bonchev–Trinajstić information content (AvgIpc) is 3.19. The van der Waals surface area contributed by atoms with Gasteiger partial charge in [-0.15, -0.1) is 0 Å². The van der Waals surface area contributed by atoms with Crippen LogP contribution >= 0.6 is 0 Å². The Bertz CT molecular complexity index is 870. The highest BCUT2D eigenvalue weighted by Crippen LogP contribution is 2.11. The third kappa shape index (κ3) is 4.83. The number of nitrogens with zero attached hydrogens (tertiary/aromatic N) is 1. The lowest BCUT2D eigenvalue weighted by Crippen LogP contribution is -2.36. The first-order valence-corrected chi connectivity index (χ1v) is 8.95. The molecule has 0 saturated carbocycles. The normalized spacial score (nSPS) is 16.2. The first kappa shape index (κ1) is 18.8. The van der Waals surface area contributed by atoms with Crippen LogP contribution in [0.3, 0.4) is 0 Å². The average molecular weight is 370 g/mol. The second-order valence-electron chi connectivity index (χ2n) is 6.54. The molecular formula is C20H22N2O5. The van der Waals surface area contributed by atoms with E-state index in [0.29, 0.717) is 26.1 Å². The second kappa shape index (κ2) is 8.64. The molecule has 2 N–H and O–H groups in total. The van der Waals surface area contributed by atoms with Crippen LogP contribution in [-0.4, -0.2) is 40.8 Å². The fourth-order valence-electron chi connectivity index (χ4n) is 3.08. The number of carboxylic acid groups (broad SMARTS) is 1. The van der Waals surface area contributed by atoms with Gasteiger partial charge in [-0.05, 0) is 24.8 Å². The molecule has 0 bridgehead atoms. The van der Waals surface area contributed by atoms with Crippen LogP contribution < -0.4 is 10.7 Å². The van der Waals surface area contributed by atoms with E-state index in [9.17, 15) is 19.5 Å². The molecule has 0 aliphatic carbocycles. The SMILES string of the molecule is O=C(O)c1cn(CCc2ccccc2)cc(C(=O)NC[C@@H]2CCCO2)c1=O. The molecule has 1 aliphatic heterocycles. The number of carbonyl (C=O) groups is 2. The Balaban J connectivity index is 1.78. The summed E-state index contributed by atoms with van der Waals surface area (Å²) in [4.78, 5) is 36.3. The minimum absolute atomic E-state index is 0.0584. The first-order valence-electron chi connectivity index (χ1n) is 8.95. The molecule has 1 amide bonds. The molecule has 1 aliphatic rings. The summed E-state index contributed by atoms with van der Waals surface area (Å²) in [6, 6.07) is 9.70. The molecular weight excluding hydrogens is 348 g/mol. The number of amides is 1. The Morgan fingerprint density at radius 2 is 1.93 bits per heavy atom. The minimum atomic E-state index is -1.35. The van der Waals surface area contributed by atoms with Crippen molar-refractivity contribution >= 4 is 11.9 Å². The number of hydrogen-bond donors (Lipinski definition) is 2. The van der Waals surface area contributed by atoms with Crippen LogP contribution in [0, 0.1) is 0 Å². The highest BCUT2D eigenvalue weighted by atomic mass is 16.5. The van der Waals surface area contributed by atoms with Crippen molar-refractivity contribution in [1.82, 2.24) is 9.88 Å². The molecule has 0 radical (unpaired) electrons. The molecule has 1 atom stereocenters. The van der Waals surface area contributed by atoms with E-state index in [1.165, 1.54) is 12.4 Å². The van der Waals surface area contributed by atoms with Gasteiger partial charge in [0.25, 0.3) is 5.91 Å². The fraction of sp³-hybridized carbons (Fsp3) is 0.350. The van der Waals surface area contributed by atoms with Crippen molar-refractivity contribution in [3.05, 3.63) is 69.6 Å². The van der Waals surface area contributed by atoms with Gasteiger partial charge in [-0.3, -0.25) is 9.59 Å². The molecule has 0 unspecified atom stereocenters. The summed E-state index contributed by atoms with van der Waals surface area (Å²) in [5, 5.41) is 12.0. The number of carboxylic acids is 1. The monoisotopic (exact) mass is 370 g/mol. The van der Waals surface area contributed by atoms with Crippen molar-refractivity contribution in [2.75, 3.05) is 13.2 Å². The van der Waals surface area contributed by atoms with Gasteiger partial charge < -0.3 is 19.7 Å². The number of aromatic carboxylic acids is 1. The quantitative estimate of drug-likeness (QED) is 0.773. The summed E-state index contributed by atoms with van der Waals surface area (Å²) in [6.07, 6.45) is 5.10. The third-order valence-electron chi connectivity index (χ3n) is 4.57. The Labute approximate surface area is 156 Å². The zero-order chi connectivity index (χ0) is 19.2. The Morgan fingerprint density at radius 3 is 2.59 bits per heavy atom. The largest absolute Gasteiger partial charge is 0.477 e. The van der Waals surface area contributed by atoms with Crippen LogP contribution in [0.15, 0.2) is 47.5 Å². The molecule has 1 fully saturated rings. The van der Waals surface area contributed by atoms with E-state index in [4.69, 9.17) is 4.74 Å². The molecule has 142 valence electrons.